The maximum absolute atomic E-state index is 10.8. The highest BCUT2D eigenvalue weighted by atomic mass is 16.7. The molecule has 0 spiro atoms. The van der Waals surface area contributed by atoms with E-state index >= 15 is 0 Å². The Morgan fingerprint density at radius 1 is 0.875 bits per heavy atom. The molecule has 0 saturated heterocycles. The molecule has 0 fully saturated rings. The molecule has 0 bridgehead atoms. The van der Waals surface area contributed by atoms with Gasteiger partial charge in [-0.25, -0.2) is 0 Å². The first-order chi connectivity index (χ1) is 11.7. The van der Waals surface area contributed by atoms with Gasteiger partial charge in [0, 0.05) is 19.6 Å². The summed E-state index contributed by atoms with van der Waals surface area (Å²) >= 11 is 0. The van der Waals surface area contributed by atoms with Gasteiger partial charge in [-0.3, -0.25) is 0 Å². The first kappa shape index (κ1) is 21.1. The summed E-state index contributed by atoms with van der Waals surface area (Å²) in [5.74, 6) is -0.936. The smallest absolute Gasteiger partial charge is 0.198 e. The summed E-state index contributed by atoms with van der Waals surface area (Å²) in [6.45, 7) is 7.19. The fraction of sp³-hybridized carbons (Fsp3) is 0.714. The van der Waals surface area contributed by atoms with Gasteiger partial charge in [-0.15, -0.1) is 0 Å². The summed E-state index contributed by atoms with van der Waals surface area (Å²) in [5.41, 5.74) is 1.13. The molecule has 0 aromatic heterocycles. The number of hydrogen-bond acceptors (Lipinski definition) is 3. The van der Waals surface area contributed by atoms with Gasteiger partial charge in [0.2, 0.25) is 0 Å². The summed E-state index contributed by atoms with van der Waals surface area (Å²) in [6.07, 6.45) is 7.97. The van der Waals surface area contributed by atoms with Crippen molar-refractivity contribution in [3.8, 4) is 0 Å². The molecule has 1 aromatic rings. The Morgan fingerprint density at radius 3 is 2.04 bits per heavy atom. The van der Waals surface area contributed by atoms with Crippen LogP contribution in [0, 0.1) is 0 Å². The van der Waals surface area contributed by atoms with Gasteiger partial charge in [0.15, 0.2) is 5.79 Å². The molecule has 0 aliphatic heterocycles. The van der Waals surface area contributed by atoms with E-state index in [-0.39, 0.29) is 0 Å². The summed E-state index contributed by atoms with van der Waals surface area (Å²) < 4.78 is 11.9. The van der Waals surface area contributed by atoms with Crippen LogP contribution in [-0.2, 0) is 15.9 Å². The third-order valence-electron chi connectivity index (χ3n) is 4.41. The Labute approximate surface area is 148 Å². The molecule has 0 heterocycles. The Balaban J connectivity index is 2.65. The van der Waals surface area contributed by atoms with Crippen molar-refractivity contribution in [3.05, 3.63) is 35.9 Å². The highest BCUT2D eigenvalue weighted by Crippen LogP contribution is 2.27. The van der Waals surface area contributed by atoms with E-state index in [2.05, 4.69) is 19.1 Å². The maximum atomic E-state index is 10.8. The van der Waals surface area contributed by atoms with Gasteiger partial charge >= 0.3 is 0 Å². The van der Waals surface area contributed by atoms with E-state index in [0.29, 0.717) is 19.6 Å². The second-order valence-corrected chi connectivity index (χ2v) is 6.41. The summed E-state index contributed by atoms with van der Waals surface area (Å²) in [5, 5.41) is 10.8. The van der Waals surface area contributed by atoms with E-state index in [4.69, 9.17) is 9.47 Å². The molecule has 24 heavy (non-hydrogen) atoms. The van der Waals surface area contributed by atoms with E-state index in [9.17, 15) is 5.11 Å². The van der Waals surface area contributed by atoms with Crippen molar-refractivity contribution < 1.29 is 14.6 Å². The van der Waals surface area contributed by atoms with Crippen molar-refractivity contribution >= 4 is 0 Å². The lowest BCUT2D eigenvalue weighted by Crippen LogP contribution is -2.49. The number of aliphatic hydroxyl groups excluding tert-OH is 1. The third-order valence-corrected chi connectivity index (χ3v) is 4.41. The van der Waals surface area contributed by atoms with E-state index in [1.54, 1.807) is 0 Å². The normalized spacial score (nSPS) is 13.2. The first-order valence-corrected chi connectivity index (χ1v) is 9.68. The van der Waals surface area contributed by atoms with E-state index < -0.39 is 11.9 Å². The molecule has 0 saturated carbocycles. The van der Waals surface area contributed by atoms with E-state index in [0.717, 1.165) is 24.8 Å². The summed E-state index contributed by atoms with van der Waals surface area (Å²) in [6, 6.07) is 10.1. The zero-order chi connectivity index (χ0) is 17.7. The van der Waals surface area contributed by atoms with Crippen molar-refractivity contribution in [1.29, 1.82) is 0 Å². The van der Waals surface area contributed by atoms with Crippen molar-refractivity contribution in [2.75, 3.05) is 13.2 Å². The van der Waals surface area contributed by atoms with Crippen LogP contribution >= 0.6 is 0 Å². The van der Waals surface area contributed by atoms with Gasteiger partial charge in [-0.1, -0.05) is 75.8 Å². The fourth-order valence-electron chi connectivity index (χ4n) is 3.16. The molecule has 1 atom stereocenters. The zero-order valence-corrected chi connectivity index (χ0v) is 15.8. The molecule has 3 nitrogen and oxygen atoms in total. The molecular formula is C21H36O3. The van der Waals surface area contributed by atoms with Crippen LogP contribution in [-0.4, -0.2) is 30.2 Å². The Bertz CT molecular complexity index is 399. The minimum absolute atomic E-state index is 0.528. The van der Waals surface area contributed by atoms with Crippen LogP contribution in [0.4, 0.5) is 0 Å². The number of hydrogen-bond donors (Lipinski definition) is 1. The summed E-state index contributed by atoms with van der Waals surface area (Å²) in [4.78, 5) is 0. The predicted molar refractivity (Wildman–Crippen MR) is 100 cm³/mol. The monoisotopic (exact) mass is 336 g/mol. The first-order valence-electron chi connectivity index (χ1n) is 9.68. The number of ether oxygens (including phenoxy) is 2. The molecule has 1 rings (SSSR count). The average Bonchev–Trinajstić information content (AvgIpc) is 2.59. The quantitative estimate of drug-likeness (QED) is 0.379. The van der Waals surface area contributed by atoms with Crippen molar-refractivity contribution in [3.63, 3.8) is 0 Å². The van der Waals surface area contributed by atoms with Gasteiger partial charge in [-0.05, 0) is 25.8 Å². The van der Waals surface area contributed by atoms with E-state index in [1.807, 2.05) is 32.0 Å². The predicted octanol–water partition coefficient (Wildman–Crippen LogP) is 5.11. The van der Waals surface area contributed by atoms with Crippen LogP contribution in [0.25, 0.3) is 0 Å². The topological polar surface area (TPSA) is 38.7 Å². The molecule has 1 aromatic carbocycles. The molecule has 0 aliphatic rings. The summed E-state index contributed by atoms with van der Waals surface area (Å²) in [7, 11) is 0. The van der Waals surface area contributed by atoms with Crippen LogP contribution in [0.1, 0.15) is 71.3 Å². The lowest BCUT2D eigenvalue weighted by molar-refractivity contribution is -0.280. The molecule has 0 aliphatic carbocycles. The highest BCUT2D eigenvalue weighted by molar-refractivity contribution is 5.17. The molecule has 138 valence electrons. The molecular weight excluding hydrogens is 300 g/mol. The fourth-order valence-corrected chi connectivity index (χ4v) is 3.16. The van der Waals surface area contributed by atoms with Crippen LogP contribution in [0.15, 0.2) is 30.3 Å². The van der Waals surface area contributed by atoms with E-state index in [1.165, 1.54) is 25.7 Å². The molecule has 0 radical (unpaired) electrons. The Morgan fingerprint density at radius 2 is 1.46 bits per heavy atom. The van der Waals surface area contributed by atoms with Gasteiger partial charge in [0.1, 0.15) is 6.10 Å². The van der Waals surface area contributed by atoms with Gasteiger partial charge < -0.3 is 14.6 Å². The van der Waals surface area contributed by atoms with Crippen LogP contribution in [0.5, 0.6) is 0 Å². The minimum Gasteiger partial charge on any atom is -0.387 e. The molecule has 0 amide bonds. The van der Waals surface area contributed by atoms with Crippen LogP contribution < -0.4 is 0 Å². The second-order valence-electron chi connectivity index (χ2n) is 6.41. The second kappa shape index (κ2) is 12.5. The van der Waals surface area contributed by atoms with Gasteiger partial charge in [0.25, 0.3) is 0 Å². The van der Waals surface area contributed by atoms with Crippen molar-refractivity contribution in [2.45, 2.75) is 84.0 Å². The number of rotatable bonds is 14. The van der Waals surface area contributed by atoms with Crippen LogP contribution in [0.2, 0.25) is 0 Å². The highest BCUT2D eigenvalue weighted by Gasteiger charge is 2.39. The molecule has 1 N–H and O–H groups in total. The number of benzene rings is 1. The number of unbranched alkanes of at least 4 members (excludes halogenated alkanes) is 5. The van der Waals surface area contributed by atoms with Crippen LogP contribution in [0.3, 0.4) is 0 Å². The SMILES string of the molecule is CCCCCCCCC(O)C(Cc1ccccc1)(OCC)OCC. The number of aliphatic hydroxyl groups is 1. The largest absolute Gasteiger partial charge is 0.387 e. The third kappa shape index (κ3) is 7.33. The van der Waals surface area contributed by atoms with Gasteiger partial charge in [0.05, 0.1) is 0 Å². The standard InChI is InChI=1S/C21H36O3/c1-4-7-8-9-10-14-17-20(22)21(23-5-2,24-6-3)18-19-15-12-11-13-16-19/h11-13,15-16,20,22H,4-10,14,17-18H2,1-3H3. The maximum Gasteiger partial charge on any atom is 0.198 e. The zero-order valence-electron chi connectivity index (χ0n) is 15.8. The van der Waals surface area contributed by atoms with Crippen molar-refractivity contribution in [1.82, 2.24) is 0 Å². The van der Waals surface area contributed by atoms with Crippen molar-refractivity contribution in [2.24, 2.45) is 0 Å². The average molecular weight is 337 g/mol. The molecule has 1 unspecified atom stereocenters. The Kier molecular flexibility index (Phi) is 11.0. The van der Waals surface area contributed by atoms with Gasteiger partial charge in [-0.2, -0.15) is 0 Å². The minimum atomic E-state index is -0.936. The lowest BCUT2D eigenvalue weighted by Gasteiger charge is -2.37. The lowest BCUT2D eigenvalue weighted by atomic mass is 9.95. The Hall–Kier alpha value is -0.900. The molecule has 3 heteroatoms.